The van der Waals surface area contributed by atoms with Crippen molar-refractivity contribution < 1.29 is 19.0 Å². The molecule has 0 spiro atoms. The van der Waals surface area contributed by atoms with Gasteiger partial charge < -0.3 is 14.2 Å². The predicted molar refractivity (Wildman–Crippen MR) is 102 cm³/mol. The zero-order chi connectivity index (χ0) is 19.4. The summed E-state index contributed by atoms with van der Waals surface area (Å²) in [7, 11) is 3.07. The Morgan fingerprint density at radius 1 is 0.963 bits per heavy atom. The van der Waals surface area contributed by atoms with E-state index in [4.69, 9.17) is 14.2 Å². The maximum absolute atomic E-state index is 12.3. The topological polar surface area (TPSA) is 62.6 Å². The molecule has 0 atom stereocenters. The number of hydrogen-bond acceptors (Lipinski definition) is 5. The van der Waals surface area contributed by atoms with Crippen LogP contribution >= 0.6 is 0 Å². The molecule has 0 radical (unpaired) electrons. The maximum Gasteiger partial charge on any atom is 0.338 e. The van der Waals surface area contributed by atoms with Crippen LogP contribution in [0, 0.1) is 13.8 Å². The molecule has 0 amide bonds. The Balaban J connectivity index is 1.68. The van der Waals surface area contributed by atoms with E-state index in [0.717, 1.165) is 22.6 Å². The van der Waals surface area contributed by atoms with E-state index in [9.17, 15) is 4.79 Å². The number of esters is 1. The van der Waals surface area contributed by atoms with E-state index in [0.29, 0.717) is 17.1 Å². The molecule has 1 aromatic heterocycles. The SMILES string of the molecule is COc1cc(OC)cc(C(=O)OCc2ccc(-n3nc(C)cc3C)cc2)c1. The normalized spacial score (nSPS) is 10.5. The first kappa shape index (κ1) is 18.5. The number of benzene rings is 2. The van der Waals surface area contributed by atoms with Crippen LogP contribution in [0.5, 0.6) is 11.5 Å². The number of ether oxygens (including phenoxy) is 3. The summed E-state index contributed by atoms with van der Waals surface area (Å²) in [5.41, 5.74) is 4.28. The average Bonchev–Trinajstić information content (AvgIpc) is 3.04. The van der Waals surface area contributed by atoms with Crippen molar-refractivity contribution in [3.05, 3.63) is 71.0 Å². The van der Waals surface area contributed by atoms with Crippen LogP contribution in [0.2, 0.25) is 0 Å². The largest absolute Gasteiger partial charge is 0.497 e. The molecule has 140 valence electrons. The van der Waals surface area contributed by atoms with Crippen molar-refractivity contribution in [3.8, 4) is 17.2 Å². The third-order valence-electron chi connectivity index (χ3n) is 4.15. The summed E-state index contributed by atoms with van der Waals surface area (Å²) in [6.07, 6.45) is 0. The van der Waals surface area contributed by atoms with Gasteiger partial charge >= 0.3 is 5.97 Å². The predicted octanol–water partition coefficient (Wildman–Crippen LogP) is 3.86. The number of methoxy groups -OCH3 is 2. The van der Waals surface area contributed by atoms with Crippen molar-refractivity contribution in [2.45, 2.75) is 20.5 Å². The second-order valence-corrected chi connectivity index (χ2v) is 6.18. The Morgan fingerprint density at radius 3 is 2.11 bits per heavy atom. The van der Waals surface area contributed by atoms with E-state index in [1.165, 1.54) is 14.2 Å². The van der Waals surface area contributed by atoms with Crippen molar-refractivity contribution >= 4 is 5.97 Å². The molecule has 0 saturated carbocycles. The number of rotatable bonds is 6. The summed E-state index contributed by atoms with van der Waals surface area (Å²) < 4.78 is 17.7. The monoisotopic (exact) mass is 366 g/mol. The van der Waals surface area contributed by atoms with Gasteiger partial charge in [0.15, 0.2) is 0 Å². The Labute approximate surface area is 158 Å². The Bertz CT molecular complexity index is 923. The molecule has 0 aliphatic carbocycles. The summed E-state index contributed by atoms with van der Waals surface area (Å²) in [4.78, 5) is 12.3. The highest BCUT2D eigenvalue weighted by atomic mass is 16.5. The number of hydrogen-bond donors (Lipinski definition) is 0. The number of nitrogens with zero attached hydrogens (tertiary/aromatic N) is 2. The van der Waals surface area contributed by atoms with Crippen molar-refractivity contribution in [3.63, 3.8) is 0 Å². The Hall–Kier alpha value is -3.28. The van der Waals surface area contributed by atoms with E-state index in [-0.39, 0.29) is 6.61 Å². The summed E-state index contributed by atoms with van der Waals surface area (Å²) >= 11 is 0. The van der Waals surface area contributed by atoms with E-state index in [1.54, 1.807) is 18.2 Å². The minimum Gasteiger partial charge on any atom is -0.497 e. The molecule has 0 unspecified atom stereocenters. The summed E-state index contributed by atoms with van der Waals surface area (Å²) in [6.45, 7) is 4.15. The second-order valence-electron chi connectivity index (χ2n) is 6.18. The third kappa shape index (κ3) is 4.28. The van der Waals surface area contributed by atoms with Crippen molar-refractivity contribution in [2.75, 3.05) is 14.2 Å². The highest BCUT2D eigenvalue weighted by molar-refractivity contribution is 5.90. The van der Waals surface area contributed by atoms with Crippen LogP contribution in [0.4, 0.5) is 0 Å². The fourth-order valence-electron chi connectivity index (χ4n) is 2.78. The van der Waals surface area contributed by atoms with Crippen LogP contribution in [-0.2, 0) is 11.3 Å². The molecule has 6 nitrogen and oxygen atoms in total. The number of aryl methyl sites for hydroxylation is 2. The van der Waals surface area contributed by atoms with Crippen LogP contribution in [-0.4, -0.2) is 30.0 Å². The molecule has 2 aromatic carbocycles. The van der Waals surface area contributed by atoms with Gasteiger partial charge in [-0.25, -0.2) is 9.48 Å². The molecule has 0 bridgehead atoms. The molecule has 27 heavy (non-hydrogen) atoms. The van der Waals surface area contributed by atoms with Crippen LogP contribution in [0.1, 0.15) is 27.3 Å². The number of carbonyl (C=O) groups is 1. The lowest BCUT2D eigenvalue weighted by Crippen LogP contribution is -2.06. The van der Waals surface area contributed by atoms with Crippen LogP contribution in [0.3, 0.4) is 0 Å². The van der Waals surface area contributed by atoms with Gasteiger partial charge in [-0.05, 0) is 49.7 Å². The molecule has 0 aliphatic heterocycles. The molecule has 6 heteroatoms. The van der Waals surface area contributed by atoms with Gasteiger partial charge in [0.05, 0.1) is 31.2 Å². The summed E-state index contributed by atoms with van der Waals surface area (Å²) in [6, 6.07) is 14.7. The number of carbonyl (C=O) groups excluding carboxylic acids is 1. The summed E-state index contributed by atoms with van der Waals surface area (Å²) in [5.74, 6) is 0.640. The van der Waals surface area contributed by atoms with E-state index < -0.39 is 5.97 Å². The van der Waals surface area contributed by atoms with Gasteiger partial charge in [-0.15, -0.1) is 0 Å². The minimum atomic E-state index is -0.435. The first-order valence-electron chi connectivity index (χ1n) is 8.53. The smallest absolute Gasteiger partial charge is 0.338 e. The molecule has 0 N–H and O–H groups in total. The molecular weight excluding hydrogens is 344 g/mol. The molecule has 3 aromatic rings. The molecule has 3 rings (SSSR count). The molecule has 0 saturated heterocycles. The van der Waals surface area contributed by atoms with Gasteiger partial charge in [-0.2, -0.15) is 5.10 Å². The highest BCUT2D eigenvalue weighted by Crippen LogP contribution is 2.23. The van der Waals surface area contributed by atoms with Gasteiger partial charge in [0.2, 0.25) is 0 Å². The average molecular weight is 366 g/mol. The van der Waals surface area contributed by atoms with Crippen molar-refractivity contribution in [2.24, 2.45) is 0 Å². The van der Waals surface area contributed by atoms with Crippen LogP contribution in [0.25, 0.3) is 5.69 Å². The van der Waals surface area contributed by atoms with Crippen LogP contribution < -0.4 is 9.47 Å². The molecule has 0 fully saturated rings. The lowest BCUT2D eigenvalue weighted by atomic mass is 10.2. The van der Waals surface area contributed by atoms with Gasteiger partial charge in [0, 0.05) is 11.8 Å². The van der Waals surface area contributed by atoms with Crippen molar-refractivity contribution in [1.82, 2.24) is 9.78 Å². The maximum atomic E-state index is 12.3. The van der Waals surface area contributed by atoms with Gasteiger partial charge in [0.25, 0.3) is 0 Å². The van der Waals surface area contributed by atoms with Crippen molar-refractivity contribution in [1.29, 1.82) is 0 Å². The molecule has 1 heterocycles. The zero-order valence-electron chi connectivity index (χ0n) is 15.9. The fraction of sp³-hybridized carbons (Fsp3) is 0.238. The van der Waals surface area contributed by atoms with E-state index >= 15 is 0 Å². The molecule has 0 aliphatic rings. The standard InChI is InChI=1S/C21H22N2O4/c1-14-9-15(2)23(22-14)18-7-5-16(6-8-18)13-27-21(24)17-10-19(25-3)12-20(11-17)26-4/h5-12H,13H2,1-4H3. The van der Waals surface area contributed by atoms with E-state index in [1.807, 2.05) is 48.9 Å². The minimum absolute atomic E-state index is 0.176. The lowest BCUT2D eigenvalue weighted by Gasteiger charge is -2.10. The van der Waals surface area contributed by atoms with Gasteiger partial charge in [-0.3, -0.25) is 0 Å². The first-order valence-corrected chi connectivity index (χ1v) is 8.53. The van der Waals surface area contributed by atoms with E-state index in [2.05, 4.69) is 5.10 Å². The Morgan fingerprint density at radius 2 is 1.59 bits per heavy atom. The second kappa shape index (κ2) is 7.95. The fourth-order valence-corrected chi connectivity index (χ4v) is 2.78. The lowest BCUT2D eigenvalue weighted by molar-refractivity contribution is 0.0472. The first-order chi connectivity index (χ1) is 13.0. The third-order valence-corrected chi connectivity index (χ3v) is 4.15. The Kier molecular flexibility index (Phi) is 5.45. The quantitative estimate of drug-likeness (QED) is 0.620. The zero-order valence-corrected chi connectivity index (χ0v) is 15.9. The highest BCUT2D eigenvalue weighted by Gasteiger charge is 2.12. The van der Waals surface area contributed by atoms with Crippen LogP contribution in [0.15, 0.2) is 48.5 Å². The summed E-state index contributed by atoms with van der Waals surface area (Å²) in [5, 5.41) is 4.46. The van der Waals surface area contributed by atoms with Gasteiger partial charge in [-0.1, -0.05) is 12.1 Å². The van der Waals surface area contributed by atoms with Gasteiger partial charge in [0.1, 0.15) is 18.1 Å². The number of aromatic nitrogens is 2. The molecular formula is C21H22N2O4.